The van der Waals surface area contributed by atoms with Gasteiger partial charge in [-0.15, -0.1) is 5.06 Å². The van der Waals surface area contributed by atoms with Gasteiger partial charge in [-0.2, -0.15) is 0 Å². The number of hydrogen-bond donors (Lipinski definition) is 2. The van der Waals surface area contributed by atoms with Crippen LogP contribution in [-0.2, 0) is 4.84 Å². The van der Waals surface area contributed by atoms with E-state index < -0.39 is 0 Å². The highest BCUT2D eigenvalue weighted by Gasteiger charge is 2.51. The van der Waals surface area contributed by atoms with Crippen LogP contribution in [0.5, 0.6) is 0 Å². The molecule has 4 atom stereocenters. The van der Waals surface area contributed by atoms with Crippen molar-refractivity contribution in [3.05, 3.63) is 42.5 Å². The fraction of sp³-hybridized carbons (Fsp3) is 0.913. The Morgan fingerprint density at radius 3 is 1.36 bits per heavy atom. The van der Waals surface area contributed by atoms with E-state index in [4.69, 9.17) is 4.84 Å². The molecule has 11 heterocycles. The zero-order valence-corrected chi connectivity index (χ0v) is 73.2. The molecule has 105 heavy (non-hydrogen) atoms. The number of hydrogen-bond acceptors (Lipinski definition) is 13. The number of fused-ring (bicyclic) bond motifs is 1. The quantitative estimate of drug-likeness (QED) is 0.174. The summed E-state index contributed by atoms with van der Waals surface area (Å²) in [5.41, 5.74) is 4.47. The zero-order chi connectivity index (χ0) is 76.3. The number of hydroxylamine groups is 2. The number of likely N-dealkylation sites (tertiary alicyclic amines) is 8. The molecule has 0 amide bonds. The molecule has 11 aliphatic heterocycles. The Balaban J connectivity index is 0.000000150. The van der Waals surface area contributed by atoms with Crippen molar-refractivity contribution >= 4 is 5.76 Å². The van der Waals surface area contributed by atoms with Crippen molar-refractivity contribution in [2.24, 2.45) is 45.8 Å². The van der Waals surface area contributed by atoms with Gasteiger partial charge < -0.3 is 35.1 Å². The van der Waals surface area contributed by atoms with Crippen LogP contribution >= 0.6 is 0 Å². The van der Waals surface area contributed by atoms with Gasteiger partial charge in [-0.25, -0.2) is 0 Å². The van der Waals surface area contributed by atoms with Gasteiger partial charge >= 0.3 is 0 Å². The molecule has 1 aromatic rings. The minimum atomic E-state index is 0.518. The Morgan fingerprint density at radius 2 is 0.914 bits per heavy atom. The fourth-order valence-corrected chi connectivity index (χ4v) is 21.6. The first-order valence-electron chi connectivity index (χ1n) is 45.2. The van der Waals surface area contributed by atoms with Crippen molar-refractivity contribution in [1.29, 1.82) is 0 Å². The molecule has 13 heteroatoms. The average molecular weight is 1460 g/mol. The highest BCUT2D eigenvalue weighted by atomic mass is 16.7. The largest absolute Gasteiger partial charge is 0.406 e. The molecular weight excluding hydrogens is 1290 g/mol. The molecule has 15 fully saturated rings. The predicted octanol–water partition coefficient (Wildman–Crippen LogP) is 17.7. The average Bonchev–Trinajstić information content (AvgIpc) is 1.72. The van der Waals surface area contributed by atoms with E-state index in [1.165, 1.54) is 259 Å². The fourth-order valence-electron chi connectivity index (χ4n) is 21.6. The van der Waals surface area contributed by atoms with Crippen LogP contribution in [0.1, 0.15) is 292 Å². The second kappa shape index (κ2) is 41.9. The lowest BCUT2D eigenvalue weighted by atomic mass is 9.58. The molecule has 15 aliphatic rings. The normalized spacial score (nSPS) is 29.2. The summed E-state index contributed by atoms with van der Waals surface area (Å²) in [6.07, 6.45) is 32.1. The van der Waals surface area contributed by atoms with E-state index >= 15 is 0 Å². The number of benzene rings is 1. The maximum atomic E-state index is 5.82. The van der Waals surface area contributed by atoms with Gasteiger partial charge in [-0.05, 0) is 299 Å². The summed E-state index contributed by atoms with van der Waals surface area (Å²) in [6, 6.07) is 16.8. The van der Waals surface area contributed by atoms with Gasteiger partial charge in [0.15, 0.2) is 0 Å². The molecular formula is C92H174N12O. The van der Waals surface area contributed by atoms with Crippen LogP contribution in [0.2, 0.25) is 0 Å². The summed E-state index contributed by atoms with van der Waals surface area (Å²) in [4.78, 5) is 29.1. The lowest BCUT2D eigenvalue weighted by molar-refractivity contribution is -0.116. The molecule has 4 unspecified atom stereocenters. The van der Waals surface area contributed by atoms with Crippen LogP contribution in [0, 0.1) is 45.8 Å². The molecule has 5 spiro atoms. The second-order valence-electron chi connectivity index (χ2n) is 40.2. The van der Waals surface area contributed by atoms with Crippen molar-refractivity contribution in [3.8, 4) is 0 Å². The van der Waals surface area contributed by atoms with Gasteiger partial charge in [0.2, 0.25) is 0 Å². The van der Waals surface area contributed by atoms with Crippen LogP contribution in [0.15, 0.2) is 36.9 Å². The summed E-state index contributed by atoms with van der Waals surface area (Å²) < 4.78 is 0. The van der Waals surface area contributed by atoms with E-state index in [0.29, 0.717) is 22.5 Å². The molecule has 11 saturated heterocycles. The molecule has 2 N–H and O–H groups in total. The number of rotatable bonds is 14. The molecule has 16 rings (SSSR count). The van der Waals surface area contributed by atoms with Gasteiger partial charge in [-0.1, -0.05) is 96.2 Å². The Bertz CT molecular complexity index is 2470. The lowest BCUT2D eigenvalue weighted by Crippen LogP contribution is -2.63. The topological polar surface area (TPSA) is 65.7 Å². The van der Waals surface area contributed by atoms with Crippen LogP contribution < -0.4 is 10.6 Å². The first kappa shape index (κ1) is 88.8. The van der Waals surface area contributed by atoms with Crippen molar-refractivity contribution in [2.45, 2.75) is 352 Å². The maximum absolute atomic E-state index is 5.82. The first-order chi connectivity index (χ1) is 49.9. The van der Waals surface area contributed by atoms with Gasteiger partial charge in [-0.3, -0.25) is 24.5 Å². The maximum Gasteiger partial charge on any atom is 0.147 e. The Kier molecular flexibility index (Phi) is 35.4. The molecule has 13 nitrogen and oxygen atoms in total. The van der Waals surface area contributed by atoms with Gasteiger partial charge in [0.1, 0.15) is 5.76 Å². The summed E-state index contributed by atoms with van der Waals surface area (Å²) in [7, 11) is 0. The summed E-state index contributed by atoms with van der Waals surface area (Å²) in [5.74, 6) is 5.86. The van der Waals surface area contributed by atoms with Crippen LogP contribution in [0.4, 0.5) is 0 Å². The third-order valence-electron chi connectivity index (χ3n) is 28.7. The van der Waals surface area contributed by atoms with Crippen molar-refractivity contribution < 1.29 is 4.84 Å². The smallest absolute Gasteiger partial charge is 0.147 e. The lowest BCUT2D eigenvalue weighted by Gasteiger charge is -2.60. The minimum Gasteiger partial charge on any atom is -0.406 e. The molecule has 1 aromatic carbocycles. The molecule has 0 aromatic heterocycles. The number of nitrogens with one attached hydrogen (secondary N) is 2. The Morgan fingerprint density at radius 1 is 0.429 bits per heavy atom. The minimum absolute atomic E-state index is 0.518. The standard InChI is InChI=1S/C15H22N2O.C11H21N.2C10H20N2.3C10H19N.C9H19N.C7H15N/c1-13(2)16-9-11-17(12-10-16)18-14(3)15-7-5-4-6-8-15;1-10(2)12-9-5-8-11(12)6-3-4-7-11;1-9(2)12-6-4-10(8-12)3-5-11-7-10;1-9(2)12-7-5-10(8-12)4-3-6-11-10;1-8(2)11-6-10(7-11)4-9(3)5-10;1-8(2)11-6-9-4-3-5-10(9)7-11;1-9(2)11-7-10(8-11)5-3-4-6-10;1-4-5-9-6-10(7-9)8(2)3;1-6(2)8-4-7(3)5-8/h4-8,13H,3,9-12H2,1-2H3;10H,3-9H2,1-2H3;2*9,11H,3-8H2,1-2H3;8-9H,4-7H2,1-3H3;8-10H,3-7H2,1-2H3;9H,3-8H2,1-2H3;8-9H,4-7H2,1-3H3;6-7H,4-5H2,1-3H3. The summed E-state index contributed by atoms with van der Waals surface area (Å²) in [5, 5.41) is 9.17. The third kappa shape index (κ3) is 26.2. The van der Waals surface area contributed by atoms with E-state index in [-0.39, 0.29) is 0 Å². The van der Waals surface area contributed by atoms with E-state index in [1.807, 2.05) is 35.4 Å². The van der Waals surface area contributed by atoms with Crippen molar-refractivity contribution in [3.63, 3.8) is 0 Å². The summed E-state index contributed by atoms with van der Waals surface area (Å²) >= 11 is 0. The highest BCUT2D eigenvalue weighted by molar-refractivity contribution is 5.56. The molecule has 0 bridgehead atoms. The second-order valence-corrected chi connectivity index (χ2v) is 40.2. The SMILES string of the molecule is C=C(ON1CCN(C(C)C)CC1)c1ccccc1.CC(C)N1CC2(CCCC2)C1.CC(C)N1CC2CCCC2C1.CC(C)N1CCC2(CCCN2)C1.CC(C)N1CCC2(CCNC2)C1.CC(C)N1CCCC12CCCC2.CC1CC2(C1)CN(C(C)C)C2.CC1CN(C(C)C)C1.CCCC1CN(C(C)C)C1. The number of nitrogens with zero attached hydrogens (tertiary/aromatic N) is 10. The van der Waals surface area contributed by atoms with E-state index in [2.05, 4.69) is 207 Å². The molecule has 608 valence electrons. The van der Waals surface area contributed by atoms with Gasteiger partial charge in [0.25, 0.3) is 0 Å². The first-order valence-corrected chi connectivity index (χ1v) is 45.2. The molecule has 0 radical (unpaired) electrons. The highest BCUT2D eigenvalue weighted by Crippen LogP contribution is 2.52. The van der Waals surface area contributed by atoms with E-state index in [9.17, 15) is 0 Å². The van der Waals surface area contributed by atoms with E-state index in [0.717, 1.165) is 126 Å². The van der Waals surface area contributed by atoms with Crippen LogP contribution in [0.3, 0.4) is 0 Å². The van der Waals surface area contributed by atoms with Crippen LogP contribution in [-0.4, -0.2) is 259 Å². The zero-order valence-electron chi connectivity index (χ0n) is 73.2. The Hall–Kier alpha value is -1.72. The van der Waals surface area contributed by atoms with E-state index in [1.54, 1.807) is 0 Å². The monoisotopic (exact) mass is 1460 g/mol. The molecule has 4 saturated carbocycles. The third-order valence-corrected chi connectivity index (χ3v) is 28.7. The summed E-state index contributed by atoms with van der Waals surface area (Å²) in [6.45, 7) is 80.3. The van der Waals surface area contributed by atoms with Crippen LogP contribution in [0.25, 0.3) is 5.76 Å². The van der Waals surface area contributed by atoms with Crippen molar-refractivity contribution in [2.75, 3.05) is 144 Å². The number of piperazine rings is 1. The van der Waals surface area contributed by atoms with Gasteiger partial charge in [0, 0.05) is 189 Å². The van der Waals surface area contributed by atoms with Crippen molar-refractivity contribution in [1.82, 2.24) is 59.8 Å². The van der Waals surface area contributed by atoms with Gasteiger partial charge in [0.05, 0.1) is 0 Å². The Labute approximate surface area is 651 Å². The molecule has 4 aliphatic carbocycles. The predicted molar refractivity (Wildman–Crippen MR) is 453 cm³/mol.